The van der Waals surface area contributed by atoms with Crippen LogP contribution in [-0.2, 0) is 0 Å². The van der Waals surface area contributed by atoms with E-state index in [1.54, 1.807) is 31.7 Å². The van der Waals surface area contributed by atoms with Gasteiger partial charge in [0, 0.05) is 22.7 Å². The van der Waals surface area contributed by atoms with E-state index in [0.29, 0.717) is 41.2 Å². The Labute approximate surface area is 174 Å². The Balaban J connectivity index is 1.75. The van der Waals surface area contributed by atoms with Crippen molar-refractivity contribution in [2.75, 3.05) is 26.1 Å². The molecule has 1 aromatic heterocycles. The Morgan fingerprint density at radius 2 is 1.93 bits per heavy atom. The van der Waals surface area contributed by atoms with Gasteiger partial charge in [0.25, 0.3) is 5.91 Å². The van der Waals surface area contributed by atoms with Crippen molar-refractivity contribution in [3.8, 4) is 27.8 Å². The number of ether oxygens (including phenoxy) is 3. The van der Waals surface area contributed by atoms with Crippen LogP contribution in [-0.4, -0.2) is 31.7 Å². The lowest BCUT2D eigenvalue weighted by Gasteiger charge is -2.13. The number of benzene rings is 2. The van der Waals surface area contributed by atoms with Crippen LogP contribution in [0.15, 0.2) is 47.8 Å². The van der Waals surface area contributed by atoms with Crippen molar-refractivity contribution in [3.05, 3.63) is 53.5 Å². The van der Waals surface area contributed by atoms with Crippen LogP contribution in [0.1, 0.15) is 24.3 Å². The molecule has 0 aliphatic rings. The molecular formula is C22H24N2O4S. The van der Waals surface area contributed by atoms with Crippen molar-refractivity contribution in [3.63, 3.8) is 0 Å². The van der Waals surface area contributed by atoms with E-state index in [9.17, 15) is 4.79 Å². The average Bonchev–Trinajstić information content (AvgIpc) is 3.22. The lowest BCUT2D eigenvalue weighted by molar-refractivity contribution is 0.102. The third-order valence-electron chi connectivity index (χ3n) is 4.05. The summed E-state index contributed by atoms with van der Waals surface area (Å²) in [5, 5.41) is 5.30. The van der Waals surface area contributed by atoms with Gasteiger partial charge < -0.3 is 19.5 Å². The molecule has 152 valence electrons. The van der Waals surface area contributed by atoms with E-state index in [1.165, 1.54) is 11.3 Å². The van der Waals surface area contributed by atoms with Crippen molar-refractivity contribution >= 4 is 22.9 Å². The number of amides is 1. The summed E-state index contributed by atoms with van der Waals surface area (Å²) < 4.78 is 16.4. The Bertz CT molecular complexity index is 984. The number of thiazole rings is 1. The van der Waals surface area contributed by atoms with Crippen LogP contribution in [0.4, 0.5) is 5.69 Å². The van der Waals surface area contributed by atoms with Crippen molar-refractivity contribution in [2.24, 2.45) is 5.92 Å². The summed E-state index contributed by atoms with van der Waals surface area (Å²) in [5.41, 5.74) is 1.87. The molecule has 0 aliphatic carbocycles. The quantitative estimate of drug-likeness (QED) is 0.556. The van der Waals surface area contributed by atoms with Gasteiger partial charge in [-0.1, -0.05) is 19.9 Å². The molecule has 3 aromatic rings. The number of hydrogen-bond donors (Lipinski definition) is 1. The Morgan fingerprint density at radius 1 is 1.10 bits per heavy atom. The highest BCUT2D eigenvalue weighted by Gasteiger charge is 2.14. The molecule has 2 aromatic carbocycles. The monoisotopic (exact) mass is 412 g/mol. The molecule has 0 bridgehead atoms. The predicted octanol–water partition coefficient (Wildman–Crippen LogP) is 5.11. The largest absolute Gasteiger partial charge is 0.497 e. The molecule has 0 spiro atoms. The molecule has 0 radical (unpaired) electrons. The van der Waals surface area contributed by atoms with Crippen molar-refractivity contribution < 1.29 is 19.0 Å². The topological polar surface area (TPSA) is 69.7 Å². The Morgan fingerprint density at radius 3 is 2.66 bits per heavy atom. The lowest BCUT2D eigenvalue weighted by atomic mass is 10.2. The van der Waals surface area contributed by atoms with E-state index in [2.05, 4.69) is 24.1 Å². The minimum atomic E-state index is -0.274. The SMILES string of the molecule is COc1cccc(NC(=O)c2csc(-c3ccc(OCC(C)C)c(OC)c3)n2)c1. The number of carbonyl (C=O) groups is 1. The fourth-order valence-electron chi connectivity index (χ4n) is 2.58. The zero-order valence-electron chi connectivity index (χ0n) is 16.9. The highest BCUT2D eigenvalue weighted by atomic mass is 32.1. The highest BCUT2D eigenvalue weighted by molar-refractivity contribution is 7.13. The molecule has 0 saturated heterocycles. The molecule has 29 heavy (non-hydrogen) atoms. The maximum Gasteiger partial charge on any atom is 0.275 e. The first-order chi connectivity index (χ1) is 14.0. The van der Waals surface area contributed by atoms with Gasteiger partial charge in [-0.15, -0.1) is 11.3 Å². The molecule has 3 rings (SSSR count). The van der Waals surface area contributed by atoms with Crippen molar-refractivity contribution in [1.29, 1.82) is 0 Å². The number of rotatable bonds is 8. The molecule has 1 heterocycles. The van der Waals surface area contributed by atoms with Gasteiger partial charge >= 0.3 is 0 Å². The molecular weight excluding hydrogens is 388 g/mol. The summed E-state index contributed by atoms with van der Waals surface area (Å²) in [4.78, 5) is 17.0. The number of methoxy groups -OCH3 is 2. The van der Waals surface area contributed by atoms with Gasteiger partial charge in [-0.2, -0.15) is 0 Å². The predicted molar refractivity (Wildman–Crippen MR) is 115 cm³/mol. The number of carbonyl (C=O) groups excluding carboxylic acids is 1. The third kappa shape index (κ3) is 5.26. The average molecular weight is 413 g/mol. The maximum absolute atomic E-state index is 12.5. The lowest BCUT2D eigenvalue weighted by Crippen LogP contribution is -2.12. The second-order valence-electron chi connectivity index (χ2n) is 6.79. The van der Waals surface area contributed by atoms with Crippen LogP contribution < -0.4 is 19.5 Å². The van der Waals surface area contributed by atoms with E-state index in [0.717, 1.165) is 10.6 Å². The summed E-state index contributed by atoms with van der Waals surface area (Å²) in [5.74, 6) is 2.15. The summed E-state index contributed by atoms with van der Waals surface area (Å²) in [6, 6.07) is 12.8. The molecule has 0 unspecified atom stereocenters. The fourth-order valence-corrected chi connectivity index (χ4v) is 3.38. The maximum atomic E-state index is 12.5. The first kappa shape index (κ1) is 20.7. The standard InChI is InChI=1S/C22H24N2O4S/c1-14(2)12-28-19-9-8-15(10-20(19)27-4)22-24-18(13-29-22)21(25)23-16-6-5-7-17(11-16)26-3/h5-11,13-14H,12H2,1-4H3,(H,23,25). The summed E-state index contributed by atoms with van der Waals surface area (Å²) in [7, 11) is 3.19. The zero-order valence-corrected chi connectivity index (χ0v) is 17.7. The third-order valence-corrected chi connectivity index (χ3v) is 4.94. The van der Waals surface area contributed by atoms with Crippen molar-refractivity contribution in [1.82, 2.24) is 4.98 Å². The van der Waals surface area contributed by atoms with E-state index in [4.69, 9.17) is 14.2 Å². The van der Waals surface area contributed by atoms with Crippen LogP contribution in [0.3, 0.4) is 0 Å². The molecule has 0 fully saturated rings. The second kappa shape index (κ2) is 9.43. The Hall–Kier alpha value is -3.06. The van der Waals surface area contributed by atoms with E-state index in [1.807, 2.05) is 30.3 Å². The molecule has 7 heteroatoms. The highest BCUT2D eigenvalue weighted by Crippen LogP contribution is 2.34. The van der Waals surface area contributed by atoms with Gasteiger partial charge in [-0.05, 0) is 36.2 Å². The van der Waals surface area contributed by atoms with E-state index in [-0.39, 0.29) is 5.91 Å². The van der Waals surface area contributed by atoms with Gasteiger partial charge in [0.2, 0.25) is 0 Å². The molecule has 0 aliphatic heterocycles. The smallest absolute Gasteiger partial charge is 0.275 e. The molecule has 1 amide bonds. The van der Waals surface area contributed by atoms with Gasteiger partial charge in [0.15, 0.2) is 11.5 Å². The molecule has 6 nitrogen and oxygen atoms in total. The van der Waals surface area contributed by atoms with Crippen LogP contribution in [0, 0.1) is 5.92 Å². The number of hydrogen-bond acceptors (Lipinski definition) is 6. The van der Waals surface area contributed by atoms with Gasteiger partial charge in [-0.25, -0.2) is 4.98 Å². The van der Waals surface area contributed by atoms with Crippen LogP contribution in [0.25, 0.3) is 10.6 Å². The van der Waals surface area contributed by atoms with Gasteiger partial charge in [0.1, 0.15) is 16.5 Å². The number of nitrogens with one attached hydrogen (secondary N) is 1. The summed E-state index contributed by atoms with van der Waals surface area (Å²) >= 11 is 1.40. The molecule has 1 N–H and O–H groups in total. The second-order valence-corrected chi connectivity index (χ2v) is 7.65. The van der Waals surface area contributed by atoms with Crippen LogP contribution in [0.2, 0.25) is 0 Å². The minimum absolute atomic E-state index is 0.274. The Kier molecular flexibility index (Phi) is 6.72. The normalized spacial score (nSPS) is 10.7. The summed E-state index contributed by atoms with van der Waals surface area (Å²) in [6.45, 7) is 4.80. The van der Waals surface area contributed by atoms with Crippen molar-refractivity contribution in [2.45, 2.75) is 13.8 Å². The first-order valence-electron chi connectivity index (χ1n) is 9.22. The van der Waals surface area contributed by atoms with E-state index >= 15 is 0 Å². The first-order valence-corrected chi connectivity index (χ1v) is 10.1. The zero-order chi connectivity index (χ0) is 20.8. The molecule has 0 saturated carbocycles. The molecule has 0 atom stereocenters. The number of aromatic nitrogens is 1. The fraction of sp³-hybridized carbons (Fsp3) is 0.273. The number of anilines is 1. The van der Waals surface area contributed by atoms with Gasteiger partial charge in [0.05, 0.1) is 20.8 Å². The van der Waals surface area contributed by atoms with Crippen LogP contribution >= 0.6 is 11.3 Å². The summed E-state index contributed by atoms with van der Waals surface area (Å²) in [6.07, 6.45) is 0. The van der Waals surface area contributed by atoms with Crippen LogP contribution in [0.5, 0.6) is 17.2 Å². The number of nitrogens with zero attached hydrogens (tertiary/aromatic N) is 1. The minimum Gasteiger partial charge on any atom is -0.497 e. The van der Waals surface area contributed by atoms with E-state index < -0.39 is 0 Å². The van der Waals surface area contributed by atoms with Gasteiger partial charge in [-0.3, -0.25) is 4.79 Å².